The molecule has 1 rings (SSSR count). The molecule has 0 aliphatic heterocycles. The quantitative estimate of drug-likeness (QED) is 0.780. The summed E-state index contributed by atoms with van der Waals surface area (Å²) in [6.45, 7) is 5.62. The zero-order valence-electron chi connectivity index (χ0n) is 10.8. The molecule has 0 aliphatic carbocycles. The monoisotopic (exact) mass is 236 g/mol. The highest BCUT2D eigenvalue weighted by atomic mass is 16.2. The number of aryl methyl sites for hydroxylation is 1. The van der Waals surface area contributed by atoms with Crippen molar-refractivity contribution in [1.82, 2.24) is 9.47 Å². The summed E-state index contributed by atoms with van der Waals surface area (Å²) in [7, 11) is 1.66. The van der Waals surface area contributed by atoms with Crippen LogP contribution in [0.3, 0.4) is 0 Å². The number of carbonyl (C=O) groups is 1. The lowest BCUT2D eigenvalue weighted by atomic mass is 10.2. The Morgan fingerprint density at radius 1 is 1.24 bits per heavy atom. The molecule has 0 aliphatic rings. The Morgan fingerprint density at radius 2 is 1.82 bits per heavy atom. The van der Waals surface area contributed by atoms with Gasteiger partial charge in [0, 0.05) is 32.4 Å². The van der Waals surface area contributed by atoms with E-state index in [0.717, 1.165) is 25.9 Å². The first-order valence-electron chi connectivity index (χ1n) is 6.06. The number of nitrogens with zero attached hydrogens (tertiary/aromatic N) is 2. The van der Waals surface area contributed by atoms with Crippen molar-refractivity contribution in [2.75, 3.05) is 13.1 Å². The van der Waals surface area contributed by atoms with Gasteiger partial charge < -0.3 is 9.47 Å². The van der Waals surface area contributed by atoms with E-state index in [-0.39, 0.29) is 11.5 Å². The molecule has 17 heavy (non-hydrogen) atoms. The van der Waals surface area contributed by atoms with Gasteiger partial charge in [-0.25, -0.2) is 0 Å². The number of amides is 1. The van der Waals surface area contributed by atoms with Crippen LogP contribution in [0.15, 0.2) is 23.1 Å². The fourth-order valence-electron chi connectivity index (χ4n) is 1.76. The molecule has 1 amide bonds. The van der Waals surface area contributed by atoms with Crippen LogP contribution in [-0.2, 0) is 7.05 Å². The van der Waals surface area contributed by atoms with Crippen LogP contribution < -0.4 is 5.56 Å². The Hall–Kier alpha value is -1.58. The third-order valence-corrected chi connectivity index (χ3v) is 2.61. The molecular formula is C13H20N2O2. The minimum Gasteiger partial charge on any atom is -0.339 e. The molecule has 0 N–H and O–H groups in total. The average Bonchev–Trinajstić information content (AvgIpc) is 2.31. The number of rotatable bonds is 5. The van der Waals surface area contributed by atoms with Gasteiger partial charge in [-0.3, -0.25) is 9.59 Å². The maximum atomic E-state index is 12.2. The minimum atomic E-state index is -0.0981. The van der Waals surface area contributed by atoms with Gasteiger partial charge in [0.2, 0.25) is 5.56 Å². The number of aromatic nitrogens is 1. The van der Waals surface area contributed by atoms with Gasteiger partial charge in [-0.05, 0) is 18.9 Å². The van der Waals surface area contributed by atoms with Crippen molar-refractivity contribution < 1.29 is 4.79 Å². The smallest absolute Gasteiger partial charge is 0.255 e. The van der Waals surface area contributed by atoms with Gasteiger partial charge in [-0.1, -0.05) is 13.8 Å². The molecule has 0 saturated heterocycles. The molecule has 1 aromatic rings. The van der Waals surface area contributed by atoms with Gasteiger partial charge in [-0.15, -0.1) is 0 Å². The summed E-state index contributed by atoms with van der Waals surface area (Å²) in [5.74, 6) is 0.00398. The third-order valence-electron chi connectivity index (χ3n) is 2.61. The zero-order valence-corrected chi connectivity index (χ0v) is 10.8. The molecule has 4 heteroatoms. The van der Waals surface area contributed by atoms with Crippen LogP contribution in [0.5, 0.6) is 0 Å². The minimum absolute atomic E-state index is 0.00398. The van der Waals surface area contributed by atoms with Gasteiger partial charge >= 0.3 is 0 Å². The van der Waals surface area contributed by atoms with Gasteiger partial charge in [0.1, 0.15) is 0 Å². The van der Waals surface area contributed by atoms with Crippen LogP contribution in [0.25, 0.3) is 0 Å². The van der Waals surface area contributed by atoms with Crippen molar-refractivity contribution >= 4 is 5.91 Å². The number of carbonyl (C=O) groups excluding carboxylic acids is 1. The molecule has 94 valence electrons. The molecule has 0 radical (unpaired) electrons. The van der Waals surface area contributed by atoms with Crippen LogP contribution in [0.2, 0.25) is 0 Å². The lowest BCUT2D eigenvalue weighted by Crippen LogP contribution is -2.33. The summed E-state index contributed by atoms with van der Waals surface area (Å²) < 4.78 is 1.43. The molecule has 1 heterocycles. The van der Waals surface area contributed by atoms with Crippen LogP contribution in [0, 0.1) is 0 Å². The highest BCUT2D eigenvalue weighted by Gasteiger charge is 2.14. The Bertz CT molecular complexity index is 431. The van der Waals surface area contributed by atoms with E-state index in [2.05, 4.69) is 13.8 Å². The topological polar surface area (TPSA) is 42.3 Å². The van der Waals surface area contributed by atoms with E-state index in [9.17, 15) is 9.59 Å². The predicted molar refractivity (Wildman–Crippen MR) is 68.2 cm³/mol. The van der Waals surface area contributed by atoms with E-state index in [1.54, 1.807) is 19.3 Å². The van der Waals surface area contributed by atoms with Crippen molar-refractivity contribution in [2.45, 2.75) is 26.7 Å². The zero-order chi connectivity index (χ0) is 12.8. The summed E-state index contributed by atoms with van der Waals surface area (Å²) in [5.41, 5.74) is 0.480. The first kappa shape index (κ1) is 13.5. The number of hydrogen-bond acceptors (Lipinski definition) is 2. The largest absolute Gasteiger partial charge is 0.339 e. The van der Waals surface area contributed by atoms with Crippen LogP contribution in [-0.4, -0.2) is 28.5 Å². The van der Waals surface area contributed by atoms with E-state index < -0.39 is 0 Å². The molecule has 0 aromatic carbocycles. The van der Waals surface area contributed by atoms with Crippen molar-refractivity contribution in [3.8, 4) is 0 Å². The fourth-order valence-corrected chi connectivity index (χ4v) is 1.76. The van der Waals surface area contributed by atoms with Crippen LogP contribution >= 0.6 is 0 Å². The van der Waals surface area contributed by atoms with E-state index >= 15 is 0 Å². The maximum absolute atomic E-state index is 12.2. The molecule has 0 atom stereocenters. The lowest BCUT2D eigenvalue weighted by Gasteiger charge is -2.21. The SMILES string of the molecule is CCCN(CCC)C(=O)c1ccc(=O)n(C)c1. The molecule has 0 saturated carbocycles. The molecule has 0 fully saturated rings. The van der Waals surface area contributed by atoms with Crippen molar-refractivity contribution in [2.24, 2.45) is 7.05 Å². The van der Waals surface area contributed by atoms with Gasteiger partial charge in [0.15, 0.2) is 0 Å². The highest BCUT2D eigenvalue weighted by molar-refractivity contribution is 5.93. The summed E-state index contributed by atoms with van der Waals surface area (Å²) in [6.07, 6.45) is 3.48. The Labute approximate surface area is 102 Å². The summed E-state index contributed by atoms with van der Waals surface area (Å²) >= 11 is 0. The average molecular weight is 236 g/mol. The molecular weight excluding hydrogens is 216 g/mol. The second-order valence-corrected chi connectivity index (χ2v) is 4.16. The van der Waals surface area contributed by atoms with E-state index in [4.69, 9.17) is 0 Å². The molecule has 0 spiro atoms. The Kier molecular flexibility index (Phi) is 4.94. The molecule has 0 bridgehead atoms. The first-order chi connectivity index (χ1) is 8.10. The normalized spacial score (nSPS) is 10.3. The first-order valence-corrected chi connectivity index (χ1v) is 6.06. The highest BCUT2D eigenvalue weighted by Crippen LogP contribution is 2.04. The predicted octanol–water partition coefficient (Wildman–Crippen LogP) is 1.65. The number of hydrogen-bond donors (Lipinski definition) is 0. The Morgan fingerprint density at radius 3 is 2.29 bits per heavy atom. The summed E-state index contributed by atoms with van der Waals surface area (Å²) in [5, 5.41) is 0. The summed E-state index contributed by atoms with van der Waals surface area (Å²) in [6, 6.07) is 3.03. The molecule has 4 nitrogen and oxygen atoms in total. The van der Waals surface area contributed by atoms with Gasteiger partial charge in [-0.2, -0.15) is 0 Å². The van der Waals surface area contributed by atoms with Gasteiger partial charge in [0.05, 0.1) is 5.56 Å². The second kappa shape index (κ2) is 6.23. The fraction of sp³-hybridized carbons (Fsp3) is 0.538. The van der Waals surface area contributed by atoms with Crippen LogP contribution in [0.4, 0.5) is 0 Å². The van der Waals surface area contributed by atoms with E-state index in [1.165, 1.54) is 10.6 Å². The Balaban J connectivity index is 2.92. The van der Waals surface area contributed by atoms with E-state index in [0.29, 0.717) is 5.56 Å². The number of pyridine rings is 1. The van der Waals surface area contributed by atoms with Gasteiger partial charge in [0.25, 0.3) is 5.91 Å². The van der Waals surface area contributed by atoms with E-state index in [1.807, 2.05) is 4.90 Å². The van der Waals surface area contributed by atoms with Crippen molar-refractivity contribution in [1.29, 1.82) is 0 Å². The second-order valence-electron chi connectivity index (χ2n) is 4.16. The molecule has 1 aromatic heterocycles. The van der Waals surface area contributed by atoms with Crippen molar-refractivity contribution in [3.63, 3.8) is 0 Å². The standard InChI is InChI=1S/C13H20N2O2/c1-4-8-15(9-5-2)13(17)11-6-7-12(16)14(3)10-11/h6-7,10H,4-5,8-9H2,1-3H3. The lowest BCUT2D eigenvalue weighted by molar-refractivity contribution is 0.0754. The maximum Gasteiger partial charge on any atom is 0.255 e. The third kappa shape index (κ3) is 3.44. The van der Waals surface area contributed by atoms with Crippen molar-refractivity contribution in [3.05, 3.63) is 34.2 Å². The van der Waals surface area contributed by atoms with Crippen LogP contribution in [0.1, 0.15) is 37.0 Å². The summed E-state index contributed by atoms with van der Waals surface area (Å²) in [4.78, 5) is 25.3. The molecule has 0 unspecified atom stereocenters.